The lowest BCUT2D eigenvalue weighted by Gasteiger charge is -2.35. The summed E-state index contributed by atoms with van der Waals surface area (Å²) < 4.78 is 51.7. The maximum absolute atomic E-state index is 14.7. The van der Waals surface area contributed by atoms with Gasteiger partial charge in [0.2, 0.25) is 0 Å². The number of hydrogen-bond acceptors (Lipinski definition) is 5. The zero-order valence-corrected chi connectivity index (χ0v) is 16.8. The van der Waals surface area contributed by atoms with Gasteiger partial charge in [0.05, 0.1) is 35.5 Å². The SMILES string of the molecule is N#Cc1ccc(-c2ccc(S(=O)(=O)CC3CCC4(CC3)OCCO4)cc2F)cc1. The molecule has 0 aromatic heterocycles. The number of nitriles is 1. The lowest BCUT2D eigenvalue weighted by molar-refractivity contribution is -0.181. The Balaban J connectivity index is 1.47. The van der Waals surface area contributed by atoms with E-state index in [2.05, 4.69) is 0 Å². The second-order valence-corrected chi connectivity index (χ2v) is 9.70. The highest BCUT2D eigenvalue weighted by Crippen LogP contribution is 2.39. The van der Waals surface area contributed by atoms with Crippen molar-refractivity contribution >= 4 is 9.84 Å². The van der Waals surface area contributed by atoms with Crippen LogP contribution >= 0.6 is 0 Å². The van der Waals surface area contributed by atoms with Crippen molar-refractivity contribution < 1.29 is 22.3 Å². The Bertz CT molecular complexity index is 1030. The van der Waals surface area contributed by atoms with Gasteiger partial charge in [-0.25, -0.2) is 12.8 Å². The molecule has 0 atom stereocenters. The van der Waals surface area contributed by atoms with Crippen molar-refractivity contribution in [2.75, 3.05) is 19.0 Å². The molecule has 1 spiro atoms. The van der Waals surface area contributed by atoms with Crippen LogP contribution in [0.4, 0.5) is 4.39 Å². The highest BCUT2D eigenvalue weighted by Gasteiger charge is 2.41. The fraction of sp³-hybridized carbons (Fsp3) is 0.409. The van der Waals surface area contributed by atoms with Gasteiger partial charge in [-0.05, 0) is 48.6 Å². The molecular weight excluding hydrogens is 393 g/mol. The molecule has 2 aromatic rings. The summed E-state index contributed by atoms with van der Waals surface area (Å²) in [5.41, 5.74) is 1.39. The largest absolute Gasteiger partial charge is 0.348 e. The van der Waals surface area contributed by atoms with Gasteiger partial charge in [0, 0.05) is 18.4 Å². The van der Waals surface area contributed by atoms with Crippen LogP contribution in [0.3, 0.4) is 0 Å². The van der Waals surface area contributed by atoms with Crippen LogP contribution in [0.2, 0.25) is 0 Å². The minimum absolute atomic E-state index is 0.000970. The third-order valence-electron chi connectivity index (χ3n) is 5.76. The maximum Gasteiger partial charge on any atom is 0.178 e. The van der Waals surface area contributed by atoms with Crippen LogP contribution in [-0.4, -0.2) is 33.2 Å². The second kappa shape index (κ2) is 7.86. The van der Waals surface area contributed by atoms with Crippen molar-refractivity contribution in [1.82, 2.24) is 0 Å². The number of sulfone groups is 1. The minimum Gasteiger partial charge on any atom is -0.348 e. The number of rotatable bonds is 4. The fourth-order valence-corrected chi connectivity index (χ4v) is 5.83. The van der Waals surface area contributed by atoms with E-state index in [4.69, 9.17) is 14.7 Å². The molecule has 2 aromatic carbocycles. The van der Waals surface area contributed by atoms with Crippen LogP contribution in [0.15, 0.2) is 47.4 Å². The summed E-state index contributed by atoms with van der Waals surface area (Å²) in [7, 11) is -3.59. The number of nitrogens with zero attached hydrogens (tertiary/aromatic N) is 1. The maximum atomic E-state index is 14.7. The topological polar surface area (TPSA) is 76.4 Å². The van der Waals surface area contributed by atoms with Gasteiger partial charge in [-0.3, -0.25) is 0 Å². The molecular formula is C22H22FNO4S. The number of hydrogen-bond donors (Lipinski definition) is 0. The van der Waals surface area contributed by atoms with Crippen molar-refractivity contribution in [2.45, 2.75) is 36.4 Å². The molecule has 1 aliphatic heterocycles. The number of benzene rings is 2. The van der Waals surface area contributed by atoms with Gasteiger partial charge < -0.3 is 9.47 Å². The molecule has 5 nitrogen and oxygen atoms in total. The Morgan fingerprint density at radius 2 is 1.72 bits per heavy atom. The monoisotopic (exact) mass is 415 g/mol. The minimum atomic E-state index is -3.59. The van der Waals surface area contributed by atoms with E-state index in [0.717, 1.165) is 6.07 Å². The fourth-order valence-electron chi connectivity index (χ4n) is 4.12. The molecule has 0 bridgehead atoms. The zero-order chi connectivity index (χ0) is 20.5. The molecule has 0 unspecified atom stereocenters. The van der Waals surface area contributed by atoms with Crippen LogP contribution in [0.1, 0.15) is 31.2 Å². The van der Waals surface area contributed by atoms with Crippen LogP contribution in [0.5, 0.6) is 0 Å². The third kappa shape index (κ3) is 4.20. The standard InChI is InChI=1S/C22H22FNO4S/c23-21-13-19(5-6-20(21)18-3-1-16(14-24)2-4-18)29(25,26)15-17-7-9-22(10-8-17)27-11-12-28-22/h1-6,13,17H,7-12,15H2. The Morgan fingerprint density at radius 3 is 2.31 bits per heavy atom. The molecule has 152 valence electrons. The molecule has 4 rings (SSSR count). The number of halogens is 1. The molecule has 1 saturated carbocycles. The quantitative estimate of drug-likeness (QED) is 0.752. The van der Waals surface area contributed by atoms with E-state index in [1.807, 2.05) is 6.07 Å². The first-order valence-corrected chi connectivity index (χ1v) is 11.4. The summed E-state index contributed by atoms with van der Waals surface area (Å²) in [5, 5.41) is 8.87. The summed E-state index contributed by atoms with van der Waals surface area (Å²) in [5.74, 6) is -1.10. The molecule has 2 aliphatic rings. The van der Waals surface area contributed by atoms with Gasteiger partial charge in [0.15, 0.2) is 15.6 Å². The average molecular weight is 415 g/mol. The first-order valence-electron chi connectivity index (χ1n) is 9.72. The Labute approximate surface area is 170 Å². The van der Waals surface area contributed by atoms with E-state index in [9.17, 15) is 12.8 Å². The predicted molar refractivity (Wildman–Crippen MR) is 105 cm³/mol. The lowest BCUT2D eigenvalue weighted by Crippen LogP contribution is -2.36. The van der Waals surface area contributed by atoms with Gasteiger partial charge in [-0.2, -0.15) is 5.26 Å². The Kier molecular flexibility index (Phi) is 5.43. The van der Waals surface area contributed by atoms with Crippen molar-refractivity contribution in [3.8, 4) is 17.2 Å². The van der Waals surface area contributed by atoms with E-state index >= 15 is 0 Å². The van der Waals surface area contributed by atoms with E-state index in [1.54, 1.807) is 24.3 Å². The third-order valence-corrected chi connectivity index (χ3v) is 7.64. The van der Waals surface area contributed by atoms with Crippen LogP contribution in [0.25, 0.3) is 11.1 Å². The molecule has 0 radical (unpaired) electrons. The van der Waals surface area contributed by atoms with Crippen molar-refractivity contribution in [3.05, 3.63) is 53.8 Å². The average Bonchev–Trinajstić information content (AvgIpc) is 3.18. The molecule has 0 N–H and O–H groups in total. The Morgan fingerprint density at radius 1 is 1.07 bits per heavy atom. The van der Waals surface area contributed by atoms with Crippen LogP contribution < -0.4 is 0 Å². The summed E-state index contributed by atoms with van der Waals surface area (Å²) in [6.07, 6.45) is 2.81. The highest BCUT2D eigenvalue weighted by atomic mass is 32.2. The van der Waals surface area contributed by atoms with Gasteiger partial charge in [-0.1, -0.05) is 18.2 Å². The van der Waals surface area contributed by atoms with Gasteiger partial charge in [-0.15, -0.1) is 0 Å². The molecule has 0 amide bonds. The van der Waals surface area contributed by atoms with E-state index < -0.39 is 21.4 Å². The zero-order valence-electron chi connectivity index (χ0n) is 15.9. The normalized spacial score (nSPS) is 19.3. The summed E-state index contributed by atoms with van der Waals surface area (Å²) in [4.78, 5) is 0.000970. The molecule has 1 heterocycles. The van der Waals surface area contributed by atoms with Crippen LogP contribution in [0, 0.1) is 23.1 Å². The van der Waals surface area contributed by atoms with E-state index in [1.165, 1.54) is 12.1 Å². The Hall–Kier alpha value is -2.27. The molecule has 7 heteroatoms. The van der Waals surface area contributed by atoms with Crippen molar-refractivity contribution in [3.63, 3.8) is 0 Å². The van der Waals surface area contributed by atoms with E-state index in [-0.39, 0.29) is 16.6 Å². The van der Waals surface area contributed by atoms with Gasteiger partial charge >= 0.3 is 0 Å². The van der Waals surface area contributed by atoms with Gasteiger partial charge in [0.1, 0.15) is 5.82 Å². The highest BCUT2D eigenvalue weighted by molar-refractivity contribution is 7.91. The lowest BCUT2D eigenvalue weighted by atomic mass is 9.86. The predicted octanol–water partition coefficient (Wildman–Crippen LogP) is 4.07. The van der Waals surface area contributed by atoms with Crippen molar-refractivity contribution in [1.29, 1.82) is 5.26 Å². The van der Waals surface area contributed by atoms with Crippen molar-refractivity contribution in [2.24, 2.45) is 5.92 Å². The molecule has 29 heavy (non-hydrogen) atoms. The smallest absolute Gasteiger partial charge is 0.178 e. The van der Waals surface area contributed by atoms with Crippen LogP contribution in [-0.2, 0) is 19.3 Å². The summed E-state index contributed by atoms with van der Waals surface area (Å²) in [6, 6.07) is 12.6. The molecule has 1 aliphatic carbocycles. The second-order valence-electron chi connectivity index (χ2n) is 7.66. The summed E-state index contributed by atoms with van der Waals surface area (Å²) in [6.45, 7) is 1.18. The number of ether oxygens (including phenoxy) is 2. The molecule has 1 saturated heterocycles. The first kappa shape index (κ1) is 20.0. The first-order chi connectivity index (χ1) is 13.9. The summed E-state index contributed by atoms with van der Waals surface area (Å²) >= 11 is 0. The van der Waals surface area contributed by atoms with E-state index in [0.29, 0.717) is 55.6 Å². The molecule has 2 fully saturated rings. The van der Waals surface area contributed by atoms with Gasteiger partial charge in [0.25, 0.3) is 0 Å².